The van der Waals surface area contributed by atoms with Gasteiger partial charge in [0.15, 0.2) is 12.4 Å². The number of halogens is 1. The molecule has 4 rings (SSSR count). The predicted molar refractivity (Wildman–Crippen MR) is 107 cm³/mol. The number of carbonyl (C=O) groups excluding carboxylic acids is 2. The van der Waals surface area contributed by atoms with Crippen molar-refractivity contribution >= 4 is 29.0 Å². The third-order valence-corrected chi connectivity index (χ3v) is 5.16. The Hall–Kier alpha value is -3.51. The summed E-state index contributed by atoms with van der Waals surface area (Å²) in [5.74, 6) is -1.26. The highest BCUT2D eigenvalue weighted by Crippen LogP contribution is 2.36. The smallest absolute Gasteiger partial charge is 0.340 e. The molecule has 144 valence electrons. The zero-order valence-corrected chi connectivity index (χ0v) is 15.8. The second kappa shape index (κ2) is 7.48. The summed E-state index contributed by atoms with van der Waals surface area (Å²) in [7, 11) is 0. The summed E-state index contributed by atoms with van der Waals surface area (Å²) in [4.78, 5) is 35.0. The number of hydrogen-bond donors (Lipinski definition) is 0. The molecule has 0 unspecified atom stereocenters. The molecule has 7 heteroatoms. The van der Waals surface area contributed by atoms with Gasteiger partial charge in [0.2, 0.25) is 0 Å². The van der Waals surface area contributed by atoms with E-state index < -0.39 is 17.5 Å². The number of non-ortho nitro benzene ring substituents is 1. The lowest BCUT2D eigenvalue weighted by Gasteiger charge is -2.08. The molecule has 0 N–H and O–H groups in total. The predicted octanol–water partition coefficient (Wildman–Crippen LogP) is 4.86. The minimum Gasteiger partial charge on any atom is -0.454 e. The number of rotatable bonds is 5. The van der Waals surface area contributed by atoms with Gasteiger partial charge in [0.25, 0.3) is 5.69 Å². The molecule has 3 aromatic rings. The molecular formula is C22H14ClNO5. The van der Waals surface area contributed by atoms with Gasteiger partial charge in [0.1, 0.15) is 0 Å². The quantitative estimate of drug-likeness (QED) is 0.204. The number of ether oxygens (including phenoxy) is 1. The summed E-state index contributed by atoms with van der Waals surface area (Å²) >= 11 is 5.93. The molecule has 1 aliphatic rings. The maximum Gasteiger partial charge on any atom is 0.340 e. The Balaban J connectivity index is 1.50. The molecule has 0 aromatic heterocycles. The molecule has 0 aliphatic heterocycles. The van der Waals surface area contributed by atoms with Crippen LogP contribution in [-0.2, 0) is 11.2 Å². The molecule has 1 aliphatic carbocycles. The van der Waals surface area contributed by atoms with Gasteiger partial charge in [-0.25, -0.2) is 4.79 Å². The Bertz CT molecular complexity index is 1170. The number of Topliss-reactive ketones (excluding diaryl/α,β-unsaturated/α-hetero) is 1. The van der Waals surface area contributed by atoms with Crippen molar-refractivity contribution in [2.45, 2.75) is 6.42 Å². The van der Waals surface area contributed by atoms with Crippen molar-refractivity contribution in [3.05, 3.63) is 98.1 Å². The molecule has 29 heavy (non-hydrogen) atoms. The zero-order chi connectivity index (χ0) is 20.5. The van der Waals surface area contributed by atoms with Crippen molar-refractivity contribution in [1.29, 1.82) is 0 Å². The molecule has 0 saturated heterocycles. The molecule has 0 heterocycles. The number of benzene rings is 3. The van der Waals surface area contributed by atoms with Crippen LogP contribution in [0.3, 0.4) is 0 Å². The normalized spacial score (nSPS) is 11.5. The molecule has 0 amide bonds. The Labute approximate surface area is 170 Å². The van der Waals surface area contributed by atoms with E-state index >= 15 is 0 Å². The summed E-state index contributed by atoms with van der Waals surface area (Å²) < 4.78 is 5.05. The van der Waals surface area contributed by atoms with E-state index in [2.05, 4.69) is 6.07 Å². The first-order valence-corrected chi connectivity index (χ1v) is 9.17. The highest BCUT2D eigenvalue weighted by Gasteiger charge is 2.21. The largest absolute Gasteiger partial charge is 0.454 e. The average molecular weight is 408 g/mol. The second-order valence-corrected chi connectivity index (χ2v) is 7.03. The van der Waals surface area contributed by atoms with Crippen LogP contribution in [0, 0.1) is 10.1 Å². The lowest BCUT2D eigenvalue weighted by atomic mass is 10.0. The van der Waals surface area contributed by atoms with Crippen molar-refractivity contribution in [1.82, 2.24) is 0 Å². The number of hydrogen-bond acceptors (Lipinski definition) is 5. The second-order valence-electron chi connectivity index (χ2n) is 6.63. The molecule has 0 spiro atoms. The van der Waals surface area contributed by atoms with Gasteiger partial charge in [-0.05, 0) is 40.8 Å². The van der Waals surface area contributed by atoms with E-state index in [9.17, 15) is 19.7 Å². The SMILES string of the molecule is O=C(COC(=O)c1cc([N+](=O)[O-])ccc1Cl)c1ccc2c(c1)-c1ccccc1C2. The number of esters is 1. The Kier molecular flexibility index (Phi) is 4.86. The first-order chi connectivity index (χ1) is 13.9. The average Bonchev–Trinajstić information content (AvgIpc) is 3.09. The summed E-state index contributed by atoms with van der Waals surface area (Å²) in [6, 6.07) is 16.9. The first kappa shape index (κ1) is 18.8. The molecule has 3 aromatic carbocycles. The number of nitro benzene ring substituents is 1. The number of ketones is 1. The number of carbonyl (C=O) groups is 2. The van der Waals surface area contributed by atoms with E-state index in [4.69, 9.17) is 16.3 Å². The molecule has 6 nitrogen and oxygen atoms in total. The summed E-state index contributed by atoms with van der Waals surface area (Å²) in [5.41, 5.74) is 4.43. The molecule has 0 radical (unpaired) electrons. The van der Waals surface area contributed by atoms with E-state index in [1.165, 1.54) is 17.7 Å². The maximum absolute atomic E-state index is 12.5. The minimum atomic E-state index is -0.890. The third-order valence-electron chi connectivity index (χ3n) is 4.84. The topological polar surface area (TPSA) is 86.5 Å². The maximum atomic E-state index is 12.5. The Morgan fingerprint density at radius 1 is 1.00 bits per heavy atom. The lowest BCUT2D eigenvalue weighted by Crippen LogP contribution is -2.15. The monoisotopic (exact) mass is 407 g/mol. The number of nitrogens with zero attached hydrogens (tertiary/aromatic N) is 1. The van der Waals surface area contributed by atoms with Crippen LogP contribution in [0.25, 0.3) is 11.1 Å². The van der Waals surface area contributed by atoms with Crippen LogP contribution in [0.15, 0.2) is 60.7 Å². The van der Waals surface area contributed by atoms with Crippen molar-refractivity contribution in [3.8, 4) is 11.1 Å². The van der Waals surface area contributed by atoms with E-state index in [1.54, 1.807) is 12.1 Å². The number of fused-ring (bicyclic) bond motifs is 3. The van der Waals surface area contributed by atoms with Crippen molar-refractivity contribution in [2.24, 2.45) is 0 Å². The van der Waals surface area contributed by atoms with Crippen LogP contribution in [0.5, 0.6) is 0 Å². The first-order valence-electron chi connectivity index (χ1n) is 8.79. The van der Waals surface area contributed by atoms with Crippen LogP contribution < -0.4 is 0 Å². The highest BCUT2D eigenvalue weighted by atomic mass is 35.5. The van der Waals surface area contributed by atoms with Gasteiger partial charge in [-0.3, -0.25) is 14.9 Å². The van der Waals surface area contributed by atoms with E-state index in [1.807, 2.05) is 24.3 Å². The van der Waals surface area contributed by atoms with E-state index in [0.717, 1.165) is 29.2 Å². The summed E-state index contributed by atoms with van der Waals surface area (Å²) in [5, 5.41) is 10.9. The van der Waals surface area contributed by atoms with Crippen LogP contribution in [0.2, 0.25) is 5.02 Å². The fraction of sp³-hybridized carbons (Fsp3) is 0.0909. The standard InChI is InChI=1S/C22H14ClNO5/c23-20-8-7-16(24(27)28)11-19(20)22(26)29-12-21(25)15-6-5-14-9-13-3-1-2-4-17(13)18(14)10-15/h1-8,10-11H,9,12H2. The van der Waals surface area contributed by atoms with Gasteiger partial charge in [-0.15, -0.1) is 0 Å². The fourth-order valence-electron chi connectivity index (χ4n) is 3.37. The van der Waals surface area contributed by atoms with Crippen molar-refractivity contribution in [3.63, 3.8) is 0 Å². The van der Waals surface area contributed by atoms with Gasteiger partial charge in [-0.1, -0.05) is 48.0 Å². The van der Waals surface area contributed by atoms with E-state index in [-0.39, 0.29) is 22.1 Å². The molecule has 0 saturated carbocycles. The van der Waals surface area contributed by atoms with Gasteiger partial charge in [-0.2, -0.15) is 0 Å². The molecule has 0 bridgehead atoms. The van der Waals surface area contributed by atoms with Crippen LogP contribution in [0.1, 0.15) is 31.8 Å². The van der Waals surface area contributed by atoms with Gasteiger partial charge in [0.05, 0.1) is 15.5 Å². The van der Waals surface area contributed by atoms with Crippen LogP contribution >= 0.6 is 11.6 Å². The minimum absolute atomic E-state index is 0.0159. The van der Waals surface area contributed by atoms with Crippen LogP contribution in [0.4, 0.5) is 5.69 Å². The van der Waals surface area contributed by atoms with E-state index in [0.29, 0.717) is 5.56 Å². The third kappa shape index (κ3) is 3.62. The molecular weight excluding hydrogens is 394 g/mol. The zero-order valence-electron chi connectivity index (χ0n) is 15.1. The van der Waals surface area contributed by atoms with Gasteiger partial charge in [0, 0.05) is 17.7 Å². The van der Waals surface area contributed by atoms with Crippen molar-refractivity contribution < 1.29 is 19.2 Å². The number of nitro groups is 1. The van der Waals surface area contributed by atoms with Crippen LogP contribution in [-0.4, -0.2) is 23.3 Å². The molecule has 0 fully saturated rings. The van der Waals surface area contributed by atoms with Crippen molar-refractivity contribution in [2.75, 3.05) is 6.61 Å². The molecule has 0 atom stereocenters. The highest BCUT2D eigenvalue weighted by molar-refractivity contribution is 6.33. The summed E-state index contributed by atoms with van der Waals surface area (Å²) in [6.45, 7) is -0.488. The lowest BCUT2D eigenvalue weighted by molar-refractivity contribution is -0.384. The van der Waals surface area contributed by atoms with Gasteiger partial charge >= 0.3 is 5.97 Å². The Morgan fingerprint density at radius 3 is 2.55 bits per heavy atom. The summed E-state index contributed by atoms with van der Waals surface area (Å²) in [6.07, 6.45) is 0.820. The fourth-order valence-corrected chi connectivity index (χ4v) is 3.57. The van der Waals surface area contributed by atoms with Gasteiger partial charge < -0.3 is 4.74 Å². The Morgan fingerprint density at radius 2 is 1.76 bits per heavy atom.